The number of amides is 1. The third-order valence-electron chi connectivity index (χ3n) is 3.05. The van der Waals surface area contributed by atoms with Crippen molar-refractivity contribution in [3.63, 3.8) is 0 Å². The van der Waals surface area contributed by atoms with Crippen molar-refractivity contribution < 1.29 is 14.7 Å². The summed E-state index contributed by atoms with van der Waals surface area (Å²) >= 11 is 1.40. The van der Waals surface area contributed by atoms with Crippen LogP contribution in [0.25, 0.3) is 0 Å². The number of rotatable bonds is 4. The SMILES string of the molecule is CSc1cc(C(=O)NC2(C(=O)O)CCC2)ncn1. The number of carbonyl (C=O) groups excluding carboxylic acids is 1. The van der Waals surface area contributed by atoms with E-state index in [0.29, 0.717) is 17.9 Å². The van der Waals surface area contributed by atoms with Crippen LogP contribution in [-0.4, -0.2) is 38.7 Å². The molecule has 6 nitrogen and oxygen atoms in total. The Morgan fingerprint density at radius 3 is 2.67 bits per heavy atom. The molecule has 1 aromatic rings. The maximum atomic E-state index is 12.0. The normalized spacial score (nSPS) is 16.7. The van der Waals surface area contributed by atoms with Gasteiger partial charge in [-0.25, -0.2) is 14.8 Å². The Labute approximate surface area is 108 Å². The molecular formula is C11H13N3O3S. The highest BCUT2D eigenvalue weighted by molar-refractivity contribution is 7.98. The first kappa shape index (κ1) is 12.8. The zero-order valence-electron chi connectivity index (χ0n) is 9.84. The number of carbonyl (C=O) groups is 2. The maximum Gasteiger partial charge on any atom is 0.329 e. The summed E-state index contributed by atoms with van der Waals surface area (Å²) in [5.74, 6) is -1.45. The van der Waals surface area contributed by atoms with E-state index in [4.69, 9.17) is 5.11 Å². The number of hydrogen-bond acceptors (Lipinski definition) is 5. The molecule has 1 aromatic heterocycles. The molecular weight excluding hydrogens is 254 g/mol. The maximum absolute atomic E-state index is 12.0. The molecule has 1 saturated carbocycles. The van der Waals surface area contributed by atoms with Gasteiger partial charge in [0.1, 0.15) is 17.6 Å². The Bertz CT molecular complexity index is 488. The first-order chi connectivity index (χ1) is 8.57. The molecule has 0 radical (unpaired) electrons. The van der Waals surface area contributed by atoms with Gasteiger partial charge in [-0.05, 0) is 25.5 Å². The van der Waals surface area contributed by atoms with Gasteiger partial charge in [0, 0.05) is 6.07 Å². The van der Waals surface area contributed by atoms with E-state index >= 15 is 0 Å². The molecule has 0 saturated heterocycles. The van der Waals surface area contributed by atoms with Gasteiger partial charge >= 0.3 is 5.97 Å². The molecule has 0 bridgehead atoms. The Morgan fingerprint density at radius 2 is 2.17 bits per heavy atom. The summed E-state index contributed by atoms with van der Waals surface area (Å²) in [6.45, 7) is 0. The number of carboxylic acid groups (broad SMARTS) is 1. The zero-order chi connectivity index (χ0) is 13.2. The third kappa shape index (κ3) is 2.31. The van der Waals surface area contributed by atoms with Crippen LogP contribution >= 0.6 is 11.8 Å². The van der Waals surface area contributed by atoms with Gasteiger partial charge in [-0.1, -0.05) is 0 Å². The van der Waals surface area contributed by atoms with Crippen LogP contribution < -0.4 is 5.32 Å². The van der Waals surface area contributed by atoms with Crippen molar-refractivity contribution in [2.24, 2.45) is 0 Å². The Balaban J connectivity index is 2.14. The van der Waals surface area contributed by atoms with Crippen molar-refractivity contribution in [1.82, 2.24) is 15.3 Å². The van der Waals surface area contributed by atoms with E-state index in [9.17, 15) is 9.59 Å². The predicted molar refractivity (Wildman–Crippen MR) is 65.5 cm³/mol. The number of aliphatic carboxylic acids is 1. The summed E-state index contributed by atoms with van der Waals surface area (Å²) < 4.78 is 0. The zero-order valence-corrected chi connectivity index (χ0v) is 10.7. The quantitative estimate of drug-likeness (QED) is 0.623. The molecule has 18 heavy (non-hydrogen) atoms. The number of nitrogens with one attached hydrogen (secondary N) is 1. The Hall–Kier alpha value is -1.63. The van der Waals surface area contributed by atoms with Gasteiger partial charge in [0.15, 0.2) is 0 Å². The van der Waals surface area contributed by atoms with E-state index in [1.165, 1.54) is 18.1 Å². The number of carboxylic acids is 1. The van der Waals surface area contributed by atoms with Gasteiger partial charge < -0.3 is 10.4 Å². The van der Waals surface area contributed by atoms with E-state index in [-0.39, 0.29) is 5.69 Å². The van der Waals surface area contributed by atoms with Crippen molar-refractivity contribution >= 4 is 23.6 Å². The monoisotopic (exact) mass is 267 g/mol. The van der Waals surface area contributed by atoms with Gasteiger partial charge in [-0.2, -0.15) is 0 Å². The highest BCUT2D eigenvalue weighted by Crippen LogP contribution is 2.32. The lowest BCUT2D eigenvalue weighted by Crippen LogP contribution is -2.59. The Kier molecular flexibility index (Phi) is 3.51. The molecule has 0 spiro atoms. The van der Waals surface area contributed by atoms with E-state index in [2.05, 4.69) is 15.3 Å². The van der Waals surface area contributed by atoms with E-state index in [0.717, 1.165) is 6.42 Å². The largest absolute Gasteiger partial charge is 0.480 e. The highest BCUT2D eigenvalue weighted by atomic mass is 32.2. The van der Waals surface area contributed by atoms with Gasteiger partial charge in [-0.3, -0.25) is 4.79 Å². The third-order valence-corrected chi connectivity index (χ3v) is 3.69. The first-order valence-electron chi connectivity index (χ1n) is 5.49. The summed E-state index contributed by atoms with van der Waals surface area (Å²) in [5, 5.41) is 12.4. The molecule has 1 heterocycles. The molecule has 0 aliphatic heterocycles. The van der Waals surface area contributed by atoms with Gasteiger partial charge in [0.2, 0.25) is 0 Å². The fraction of sp³-hybridized carbons (Fsp3) is 0.455. The summed E-state index contributed by atoms with van der Waals surface area (Å²) in [6, 6.07) is 1.55. The van der Waals surface area contributed by atoms with Crippen LogP contribution in [0.1, 0.15) is 29.8 Å². The minimum Gasteiger partial charge on any atom is -0.480 e. The fourth-order valence-corrected chi connectivity index (χ4v) is 2.16. The number of nitrogens with zero attached hydrogens (tertiary/aromatic N) is 2. The van der Waals surface area contributed by atoms with Crippen LogP contribution in [0.15, 0.2) is 17.4 Å². The summed E-state index contributed by atoms with van der Waals surface area (Å²) in [6.07, 6.45) is 4.89. The molecule has 1 amide bonds. The minimum atomic E-state index is -1.11. The lowest BCUT2D eigenvalue weighted by atomic mass is 9.76. The van der Waals surface area contributed by atoms with Crippen LogP contribution in [0.4, 0.5) is 0 Å². The molecule has 1 aliphatic rings. The van der Waals surface area contributed by atoms with Crippen molar-refractivity contribution in [2.45, 2.75) is 29.8 Å². The molecule has 0 unspecified atom stereocenters. The second-order valence-corrected chi connectivity index (χ2v) is 4.97. The molecule has 2 rings (SSSR count). The summed E-state index contributed by atoms with van der Waals surface area (Å²) in [7, 11) is 0. The lowest BCUT2D eigenvalue weighted by molar-refractivity contribution is -0.148. The molecule has 96 valence electrons. The lowest BCUT2D eigenvalue weighted by Gasteiger charge is -2.38. The van der Waals surface area contributed by atoms with Crippen molar-refractivity contribution in [3.05, 3.63) is 18.1 Å². The van der Waals surface area contributed by atoms with Crippen LogP contribution in [-0.2, 0) is 4.79 Å². The standard InChI is InChI=1S/C11H13N3O3S/c1-18-8-5-7(12-6-13-8)9(15)14-11(10(16)17)3-2-4-11/h5-6H,2-4H2,1H3,(H,14,15)(H,16,17). The van der Waals surface area contributed by atoms with Gasteiger partial charge in [0.25, 0.3) is 5.91 Å². The first-order valence-corrected chi connectivity index (χ1v) is 6.72. The number of hydrogen-bond donors (Lipinski definition) is 2. The second-order valence-electron chi connectivity index (χ2n) is 4.14. The molecule has 7 heteroatoms. The van der Waals surface area contributed by atoms with E-state index in [1.54, 1.807) is 6.07 Å². The smallest absolute Gasteiger partial charge is 0.329 e. The minimum absolute atomic E-state index is 0.196. The Morgan fingerprint density at radius 1 is 1.44 bits per heavy atom. The van der Waals surface area contributed by atoms with Gasteiger partial charge in [-0.15, -0.1) is 11.8 Å². The predicted octanol–water partition coefficient (Wildman–Crippen LogP) is 0.936. The van der Waals surface area contributed by atoms with E-state index in [1.807, 2.05) is 6.26 Å². The molecule has 1 aliphatic carbocycles. The molecule has 0 atom stereocenters. The average molecular weight is 267 g/mol. The number of thioether (sulfide) groups is 1. The van der Waals surface area contributed by atoms with Crippen LogP contribution in [0.5, 0.6) is 0 Å². The van der Waals surface area contributed by atoms with Crippen LogP contribution in [0, 0.1) is 0 Å². The second kappa shape index (κ2) is 4.93. The van der Waals surface area contributed by atoms with Crippen LogP contribution in [0.2, 0.25) is 0 Å². The fourth-order valence-electron chi connectivity index (χ4n) is 1.78. The van der Waals surface area contributed by atoms with Crippen LogP contribution in [0.3, 0.4) is 0 Å². The molecule has 1 fully saturated rings. The average Bonchev–Trinajstić information content (AvgIpc) is 2.33. The van der Waals surface area contributed by atoms with Crippen molar-refractivity contribution in [3.8, 4) is 0 Å². The highest BCUT2D eigenvalue weighted by Gasteiger charge is 2.45. The van der Waals surface area contributed by atoms with Crippen molar-refractivity contribution in [1.29, 1.82) is 0 Å². The molecule has 0 aromatic carbocycles. The van der Waals surface area contributed by atoms with Gasteiger partial charge in [0.05, 0.1) is 5.03 Å². The van der Waals surface area contributed by atoms with E-state index < -0.39 is 17.4 Å². The van der Waals surface area contributed by atoms with Crippen molar-refractivity contribution in [2.75, 3.05) is 6.26 Å². The topological polar surface area (TPSA) is 92.2 Å². The number of aromatic nitrogens is 2. The summed E-state index contributed by atoms with van der Waals surface area (Å²) in [5.41, 5.74) is -0.913. The summed E-state index contributed by atoms with van der Waals surface area (Å²) in [4.78, 5) is 30.9. The molecule has 2 N–H and O–H groups in total.